The summed E-state index contributed by atoms with van der Waals surface area (Å²) in [5, 5.41) is 3.67. The quantitative estimate of drug-likeness (QED) is 0.323. The third kappa shape index (κ3) is 8.75. The third-order valence-electron chi connectivity index (χ3n) is 6.42. The van der Waals surface area contributed by atoms with E-state index in [0.29, 0.717) is 30.8 Å². The molecule has 4 nitrogen and oxygen atoms in total. The van der Waals surface area contributed by atoms with Gasteiger partial charge in [0.1, 0.15) is 6.04 Å². The number of hydrogen-bond donors (Lipinski definition) is 1. The van der Waals surface area contributed by atoms with Crippen molar-refractivity contribution >= 4 is 23.4 Å². The molecule has 0 aliphatic heterocycles. The first kappa shape index (κ1) is 28.5. The van der Waals surface area contributed by atoms with Crippen LogP contribution in [-0.4, -0.2) is 28.8 Å². The molecule has 0 fully saturated rings. The van der Waals surface area contributed by atoms with Gasteiger partial charge in [0.2, 0.25) is 11.8 Å². The molecule has 0 aliphatic rings. The molecule has 0 saturated carbocycles. The largest absolute Gasteiger partial charge is 0.352 e. The lowest BCUT2D eigenvalue weighted by Crippen LogP contribution is -2.51. The Labute approximate surface area is 227 Å². The first-order valence-corrected chi connectivity index (χ1v) is 13.4. The number of carbonyl (C=O) groups excluding carboxylic acids is 2. The smallest absolute Gasteiger partial charge is 0.243 e. The minimum absolute atomic E-state index is 0.0282. The van der Waals surface area contributed by atoms with Crippen LogP contribution >= 0.6 is 11.6 Å². The van der Waals surface area contributed by atoms with Crippen molar-refractivity contribution in [1.82, 2.24) is 10.2 Å². The van der Waals surface area contributed by atoms with E-state index in [1.54, 1.807) is 4.90 Å². The molecule has 0 radical (unpaired) electrons. The van der Waals surface area contributed by atoms with Gasteiger partial charge in [0.05, 0.1) is 0 Å². The van der Waals surface area contributed by atoms with Crippen LogP contribution in [-0.2, 0) is 34.4 Å². The van der Waals surface area contributed by atoms with Crippen LogP contribution in [0, 0.1) is 0 Å². The van der Waals surface area contributed by atoms with Crippen molar-refractivity contribution in [3.05, 3.63) is 106 Å². The van der Waals surface area contributed by atoms with Crippen molar-refractivity contribution in [3.63, 3.8) is 0 Å². The van der Waals surface area contributed by atoms with Gasteiger partial charge in [0, 0.05) is 30.5 Å². The van der Waals surface area contributed by atoms with Gasteiger partial charge in [-0.15, -0.1) is 0 Å². The maximum atomic E-state index is 13.8. The minimum atomic E-state index is -0.628. The second kappa shape index (κ2) is 12.9. The van der Waals surface area contributed by atoms with E-state index in [1.807, 2.05) is 68.4 Å². The van der Waals surface area contributed by atoms with Gasteiger partial charge in [-0.1, -0.05) is 99.1 Å². The zero-order valence-corrected chi connectivity index (χ0v) is 23.4. The summed E-state index contributed by atoms with van der Waals surface area (Å²) < 4.78 is 0. The Bertz CT molecular complexity index is 1150. The summed E-state index contributed by atoms with van der Waals surface area (Å²) >= 11 is 6.10. The molecule has 196 valence electrons. The van der Waals surface area contributed by atoms with E-state index in [4.69, 9.17) is 11.6 Å². The molecule has 0 aliphatic carbocycles. The molecule has 0 aromatic heterocycles. The van der Waals surface area contributed by atoms with Crippen LogP contribution < -0.4 is 5.32 Å². The Morgan fingerprint density at radius 2 is 1.43 bits per heavy atom. The average Bonchev–Trinajstić information content (AvgIpc) is 2.85. The number of nitrogens with zero attached hydrogens (tertiary/aromatic N) is 1. The van der Waals surface area contributed by atoms with Gasteiger partial charge in [0.15, 0.2) is 0 Å². The number of hydrogen-bond acceptors (Lipinski definition) is 2. The van der Waals surface area contributed by atoms with Crippen LogP contribution in [0.2, 0.25) is 5.02 Å². The van der Waals surface area contributed by atoms with E-state index in [9.17, 15) is 9.59 Å². The molecular formula is C32H39ClN2O2. The fourth-order valence-electron chi connectivity index (χ4n) is 4.29. The molecule has 0 saturated heterocycles. The summed E-state index contributed by atoms with van der Waals surface area (Å²) in [5.41, 5.74) is 4.40. The topological polar surface area (TPSA) is 49.4 Å². The summed E-state index contributed by atoms with van der Waals surface area (Å²) in [6.45, 7) is 10.8. The second-order valence-electron chi connectivity index (χ2n) is 11.0. The number of carbonyl (C=O) groups is 2. The number of aryl methyl sites for hydroxylation is 1. The molecule has 3 aromatic carbocycles. The number of halogens is 1. The van der Waals surface area contributed by atoms with Crippen LogP contribution in [0.1, 0.15) is 63.3 Å². The average molecular weight is 519 g/mol. The van der Waals surface area contributed by atoms with E-state index >= 15 is 0 Å². The highest BCUT2D eigenvalue weighted by Crippen LogP contribution is 2.23. The number of benzene rings is 3. The predicted octanol–water partition coefficient (Wildman–Crippen LogP) is 6.73. The Hall–Kier alpha value is -3.11. The molecule has 5 heteroatoms. The second-order valence-corrected chi connectivity index (χ2v) is 11.4. The van der Waals surface area contributed by atoms with Gasteiger partial charge in [-0.25, -0.2) is 0 Å². The Morgan fingerprint density at radius 1 is 0.838 bits per heavy atom. The van der Waals surface area contributed by atoms with Crippen molar-refractivity contribution in [2.75, 3.05) is 0 Å². The van der Waals surface area contributed by atoms with Crippen molar-refractivity contribution < 1.29 is 9.59 Å². The lowest BCUT2D eigenvalue weighted by Gasteiger charge is -2.32. The Morgan fingerprint density at radius 3 is 2.00 bits per heavy atom. The van der Waals surface area contributed by atoms with Gasteiger partial charge in [-0.3, -0.25) is 9.59 Å². The molecule has 2 amide bonds. The van der Waals surface area contributed by atoms with Crippen LogP contribution in [0.15, 0.2) is 78.9 Å². The van der Waals surface area contributed by atoms with E-state index in [2.05, 4.69) is 50.4 Å². The molecule has 0 heterocycles. The highest BCUT2D eigenvalue weighted by atomic mass is 35.5. The first-order chi connectivity index (χ1) is 17.5. The Kier molecular flexibility index (Phi) is 9.93. The number of rotatable bonds is 10. The summed E-state index contributed by atoms with van der Waals surface area (Å²) in [6.07, 6.45) is 1.38. The van der Waals surface area contributed by atoms with Gasteiger partial charge in [-0.2, -0.15) is 0 Å². The SMILES string of the molecule is CC(C)NC(=O)[C@@H](Cc1ccccc1)N(Cc1ccc(Cl)cc1)C(=O)CCc1ccc(C(C)(C)C)cc1. The monoisotopic (exact) mass is 518 g/mol. The van der Waals surface area contributed by atoms with Crippen molar-refractivity contribution in [2.24, 2.45) is 0 Å². The van der Waals surface area contributed by atoms with Gasteiger partial charge < -0.3 is 10.2 Å². The normalized spacial score (nSPS) is 12.3. The van der Waals surface area contributed by atoms with Gasteiger partial charge in [-0.05, 0) is 60.1 Å². The first-order valence-electron chi connectivity index (χ1n) is 13.0. The number of amides is 2. The zero-order chi connectivity index (χ0) is 27.0. The molecule has 3 rings (SSSR count). The highest BCUT2D eigenvalue weighted by molar-refractivity contribution is 6.30. The third-order valence-corrected chi connectivity index (χ3v) is 6.67. The standard InChI is InChI=1S/C32H39ClN2O2/c1-23(2)34-31(37)29(21-25-9-7-6-8-10-25)35(22-26-13-18-28(33)19-14-26)30(36)20-15-24-11-16-27(17-12-24)32(3,4)5/h6-14,16-19,23,29H,15,20-22H2,1-5H3,(H,34,37)/t29-/m1/s1. The van der Waals surface area contributed by atoms with E-state index in [1.165, 1.54) is 5.56 Å². The fourth-order valence-corrected chi connectivity index (χ4v) is 4.41. The molecule has 0 spiro atoms. The molecule has 37 heavy (non-hydrogen) atoms. The van der Waals surface area contributed by atoms with E-state index < -0.39 is 6.04 Å². The number of nitrogens with one attached hydrogen (secondary N) is 1. The highest BCUT2D eigenvalue weighted by Gasteiger charge is 2.30. The predicted molar refractivity (Wildman–Crippen MR) is 153 cm³/mol. The van der Waals surface area contributed by atoms with Crippen LogP contribution in [0.5, 0.6) is 0 Å². The van der Waals surface area contributed by atoms with Crippen molar-refractivity contribution in [3.8, 4) is 0 Å². The van der Waals surface area contributed by atoms with Crippen LogP contribution in [0.25, 0.3) is 0 Å². The molecular weight excluding hydrogens is 480 g/mol. The van der Waals surface area contributed by atoms with Crippen LogP contribution in [0.4, 0.5) is 0 Å². The summed E-state index contributed by atoms with van der Waals surface area (Å²) in [4.78, 5) is 28.9. The molecule has 1 atom stereocenters. The van der Waals surface area contributed by atoms with E-state index in [-0.39, 0.29) is 23.3 Å². The molecule has 0 unspecified atom stereocenters. The molecule has 0 bridgehead atoms. The summed E-state index contributed by atoms with van der Waals surface area (Å²) in [5.74, 6) is -0.189. The zero-order valence-electron chi connectivity index (χ0n) is 22.6. The van der Waals surface area contributed by atoms with Crippen molar-refractivity contribution in [1.29, 1.82) is 0 Å². The van der Waals surface area contributed by atoms with E-state index in [0.717, 1.165) is 16.7 Å². The lowest BCUT2D eigenvalue weighted by molar-refractivity contribution is -0.141. The molecule has 3 aromatic rings. The van der Waals surface area contributed by atoms with Gasteiger partial charge in [0.25, 0.3) is 0 Å². The maximum Gasteiger partial charge on any atom is 0.243 e. The summed E-state index contributed by atoms with van der Waals surface area (Å²) in [7, 11) is 0. The van der Waals surface area contributed by atoms with Crippen molar-refractivity contribution in [2.45, 2.75) is 77.9 Å². The van der Waals surface area contributed by atoms with Gasteiger partial charge >= 0.3 is 0 Å². The molecule has 1 N–H and O–H groups in total. The fraction of sp³-hybridized carbons (Fsp3) is 0.375. The Balaban J connectivity index is 1.87. The maximum absolute atomic E-state index is 13.8. The lowest BCUT2D eigenvalue weighted by atomic mass is 9.86. The van der Waals surface area contributed by atoms with Crippen LogP contribution in [0.3, 0.4) is 0 Å². The summed E-state index contributed by atoms with van der Waals surface area (Å²) in [6, 6.07) is 25.1. The minimum Gasteiger partial charge on any atom is -0.352 e.